The molecule has 4 aliphatic rings. The Hall–Kier alpha value is -2.66. The third kappa shape index (κ3) is 3.74. The predicted molar refractivity (Wildman–Crippen MR) is 141 cm³/mol. The summed E-state index contributed by atoms with van der Waals surface area (Å²) in [5, 5.41) is 0. The second kappa shape index (κ2) is 8.23. The third-order valence-electron chi connectivity index (χ3n) is 8.70. The fourth-order valence-corrected chi connectivity index (χ4v) is 6.13. The number of aryl methyl sites for hydroxylation is 1. The van der Waals surface area contributed by atoms with Gasteiger partial charge in [0.15, 0.2) is 0 Å². The third-order valence-corrected chi connectivity index (χ3v) is 8.70. The van der Waals surface area contributed by atoms with Crippen LogP contribution in [0.2, 0.25) is 0 Å². The molecule has 2 N–H and O–H groups in total. The molecule has 2 saturated carbocycles. The molecule has 178 valence electrons. The van der Waals surface area contributed by atoms with Crippen molar-refractivity contribution in [1.29, 1.82) is 0 Å². The van der Waals surface area contributed by atoms with Crippen molar-refractivity contribution < 1.29 is 0 Å². The minimum atomic E-state index is 0.286. The molecule has 3 fully saturated rings. The number of hydrogen-bond donors (Lipinski definition) is 1. The summed E-state index contributed by atoms with van der Waals surface area (Å²) in [5.41, 5.74) is 14.8. The van der Waals surface area contributed by atoms with E-state index >= 15 is 0 Å². The molecule has 34 heavy (non-hydrogen) atoms. The number of aromatic nitrogens is 1. The minimum absolute atomic E-state index is 0.286. The molecule has 5 nitrogen and oxygen atoms in total. The first-order chi connectivity index (χ1) is 16.4. The van der Waals surface area contributed by atoms with E-state index in [1.54, 1.807) is 0 Å². The molecule has 3 heterocycles. The van der Waals surface area contributed by atoms with Gasteiger partial charge in [-0.05, 0) is 91.3 Å². The maximum atomic E-state index is 6.17. The minimum Gasteiger partial charge on any atom is -0.371 e. The summed E-state index contributed by atoms with van der Waals surface area (Å²) in [6, 6.07) is 9.56. The molecule has 2 aromatic rings. The van der Waals surface area contributed by atoms with E-state index in [1.165, 1.54) is 40.8 Å². The Morgan fingerprint density at radius 3 is 2.71 bits per heavy atom. The smallest absolute Gasteiger partial charge is 0.132 e. The fourth-order valence-electron chi connectivity index (χ4n) is 6.13. The highest BCUT2D eigenvalue weighted by molar-refractivity contribution is 5.94. The highest BCUT2D eigenvalue weighted by atomic mass is 15.2. The zero-order chi connectivity index (χ0) is 23.6. The molecule has 1 aromatic carbocycles. The van der Waals surface area contributed by atoms with Gasteiger partial charge in [-0.2, -0.15) is 0 Å². The van der Waals surface area contributed by atoms with E-state index < -0.39 is 0 Å². The number of anilines is 1. The Labute approximate surface area is 203 Å². The van der Waals surface area contributed by atoms with Crippen LogP contribution in [0.15, 0.2) is 42.0 Å². The van der Waals surface area contributed by atoms with Crippen molar-refractivity contribution in [2.24, 2.45) is 28.5 Å². The first-order valence-corrected chi connectivity index (χ1v) is 13.0. The fraction of sp³-hybridized carbons (Fsp3) is 0.517. The molecule has 3 unspecified atom stereocenters. The van der Waals surface area contributed by atoms with E-state index in [9.17, 15) is 0 Å². The van der Waals surface area contributed by atoms with Crippen LogP contribution in [0.4, 0.5) is 11.5 Å². The number of pyridine rings is 1. The first-order valence-electron chi connectivity index (χ1n) is 13.0. The van der Waals surface area contributed by atoms with Crippen LogP contribution in [0.25, 0.3) is 5.70 Å². The van der Waals surface area contributed by atoms with Crippen molar-refractivity contribution in [3.63, 3.8) is 0 Å². The van der Waals surface area contributed by atoms with E-state index in [4.69, 9.17) is 15.7 Å². The van der Waals surface area contributed by atoms with Gasteiger partial charge in [0.2, 0.25) is 0 Å². The summed E-state index contributed by atoms with van der Waals surface area (Å²) < 4.78 is 0. The van der Waals surface area contributed by atoms with Gasteiger partial charge in [-0.3, -0.25) is 4.99 Å². The highest BCUT2D eigenvalue weighted by Gasteiger charge is 2.53. The van der Waals surface area contributed by atoms with Crippen molar-refractivity contribution in [2.45, 2.75) is 58.5 Å². The lowest BCUT2D eigenvalue weighted by Crippen LogP contribution is -2.39. The number of likely N-dealkylation sites (tertiary alicyclic amines) is 1. The standard InChI is InChI=1S/C29H37N5/c1-5-21-11-23(19(4)33-15-24-25(16-33)28(24)30)12-26(17(21)2)32-18(3)27-13-22-7-6-10-31-29(22)34(27)14-20-8-9-20/h6-7,10-12,20,24-25,27-28H,4-5,8-9,13-16,30H2,1-3H3. The van der Waals surface area contributed by atoms with Crippen LogP contribution in [0.5, 0.6) is 0 Å². The lowest BCUT2D eigenvalue weighted by molar-refractivity contribution is 0.425. The van der Waals surface area contributed by atoms with Gasteiger partial charge in [0.05, 0.1) is 11.7 Å². The van der Waals surface area contributed by atoms with Crippen molar-refractivity contribution in [1.82, 2.24) is 9.88 Å². The number of nitrogens with zero attached hydrogens (tertiary/aromatic N) is 4. The second-order valence-corrected chi connectivity index (χ2v) is 10.9. The van der Waals surface area contributed by atoms with Gasteiger partial charge in [0, 0.05) is 49.7 Å². The molecule has 0 spiro atoms. The van der Waals surface area contributed by atoms with Crippen LogP contribution in [-0.2, 0) is 12.8 Å². The maximum absolute atomic E-state index is 6.17. The molecule has 2 aliphatic heterocycles. The summed E-state index contributed by atoms with van der Waals surface area (Å²) >= 11 is 0. The number of rotatable bonds is 7. The van der Waals surface area contributed by atoms with E-state index in [1.807, 2.05) is 6.20 Å². The molecule has 0 amide bonds. The summed E-state index contributed by atoms with van der Waals surface area (Å²) in [6.07, 6.45) is 6.60. The quantitative estimate of drug-likeness (QED) is 0.613. The largest absolute Gasteiger partial charge is 0.371 e. The average Bonchev–Trinajstić information content (AvgIpc) is 3.66. The van der Waals surface area contributed by atoms with E-state index in [0.29, 0.717) is 17.9 Å². The Morgan fingerprint density at radius 1 is 1.24 bits per heavy atom. The molecular formula is C29H37N5. The monoisotopic (exact) mass is 455 g/mol. The van der Waals surface area contributed by atoms with E-state index in [0.717, 1.165) is 55.6 Å². The lowest BCUT2D eigenvalue weighted by Gasteiger charge is -2.27. The Bertz CT molecular complexity index is 1150. The van der Waals surface area contributed by atoms with Gasteiger partial charge in [-0.1, -0.05) is 19.6 Å². The normalized spacial score (nSPS) is 27.7. The van der Waals surface area contributed by atoms with Crippen LogP contribution >= 0.6 is 0 Å². The summed E-state index contributed by atoms with van der Waals surface area (Å²) in [7, 11) is 0. The Morgan fingerprint density at radius 2 is 2.00 bits per heavy atom. The summed E-state index contributed by atoms with van der Waals surface area (Å²) in [5.74, 6) is 3.28. The van der Waals surface area contributed by atoms with E-state index in [2.05, 4.69) is 61.4 Å². The Balaban J connectivity index is 1.30. The van der Waals surface area contributed by atoms with Gasteiger partial charge in [-0.25, -0.2) is 4.98 Å². The number of nitrogens with two attached hydrogens (primary N) is 1. The van der Waals surface area contributed by atoms with Crippen LogP contribution < -0.4 is 10.6 Å². The lowest BCUT2D eigenvalue weighted by atomic mass is 9.98. The number of fused-ring (bicyclic) bond motifs is 2. The number of piperidine rings is 1. The van der Waals surface area contributed by atoms with Crippen molar-refractivity contribution in [3.05, 3.63) is 59.3 Å². The van der Waals surface area contributed by atoms with Gasteiger partial charge in [-0.15, -0.1) is 0 Å². The molecule has 2 aliphatic carbocycles. The van der Waals surface area contributed by atoms with Crippen LogP contribution in [0.3, 0.4) is 0 Å². The molecule has 0 bridgehead atoms. The molecule has 3 atom stereocenters. The summed E-state index contributed by atoms with van der Waals surface area (Å²) in [6.45, 7) is 14.3. The number of benzene rings is 1. The number of aliphatic imine (C=N–C) groups is 1. The van der Waals surface area contributed by atoms with Gasteiger partial charge in [0.25, 0.3) is 0 Å². The van der Waals surface area contributed by atoms with Gasteiger partial charge < -0.3 is 15.5 Å². The van der Waals surface area contributed by atoms with E-state index in [-0.39, 0.29) is 6.04 Å². The average molecular weight is 456 g/mol. The van der Waals surface area contributed by atoms with Crippen molar-refractivity contribution in [2.75, 3.05) is 24.5 Å². The molecule has 0 radical (unpaired) electrons. The van der Waals surface area contributed by atoms with Gasteiger partial charge in [0.1, 0.15) is 5.82 Å². The van der Waals surface area contributed by atoms with Gasteiger partial charge >= 0.3 is 0 Å². The topological polar surface area (TPSA) is 57.8 Å². The highest BCUT2D eigenvalue weighted by Crippen LogP contribution is 2.46. The number of hydrogen-bond acceptors (Lipinski definition) is 5. The van der Waals surface area contributed by atoms with Crippen LogP contribution in [0, 0.1) is 24.7 Å². The zero-order valence-corrected chi connectivity index (χ0v) is 20.8. The summed E-state index contributed by atoms with van der Waals surface area (Å²) in [4.78, 5) is 15.0. The van der Waals surface area contributed by atoms with Crippen molar-refractivity contribution >= 4 is 22.9 Å². The first kappa shape index (κ1) is 21.8. The molecule has 1 saturated heterocycles. The maximum Gasteiger partial charge on any atom is 0.132 e. The molecular weight excluding hydrogens is 418 g/mol. The van der Waals surface area contributed by atoms with Crippen molar-refractivity contribution in [3.8, 4) is 0 Å². The molecule has 1 aromatic heterocycles. The zero-order valence-electron chi connectivity index (χ0n) is 20.8. The van der Waals surface area contributed by atoms with Crippen LogP contribution in [0.1, 0.15) is 48.9 Å². The molecule has 6 rings (SSSR count). The Kier molecular flexibility index (Phi) is 5.29. The SMILES string of the molecule is C=C(c1cc(CC)c(C)c(N=C(C)C2Cc3cccnc3N2CC2CC2)c1)N1CC2C(N)C2C1. The van der Waals surface area contributed by atoms with Crippen LogP contribution in [-0.4, -0.2) is 47.3 Å². The second-order valence-electron chi connectivity index (χ2n) is 10.9. The molecule has 5 heteroatoms. The predicted octanol–water partition coefficient (Wildman–Crippen LogP) is 4.75.